The zero-order valence-electron chi connectivity index (χ0n) is 10.6. The minimum absolute atomic E-state index is 0.522. The molecule has 1 aliphatic rings. The van der Waals surface area contributed by atoms with Crippen LogP contribution in [0.1, 0.15) is 24.4 Å². The summed E-state index contributed by atoms with van der Waals surface area (Å²) in [5, 5.41) is 4.13. The molecular weight excluding hydrogens is 232 g/mol. The van der Waals surface area contributed by atoms with E-state index < -0.39 is 0 Å². The Hall–Kier alpha value is -0.570. The monoisotopic (exact) mass is 252 g/mol. The molecule has 2 nitrogen and oxygen atoms in total. The maximum atomic E-state index is 5.96. The van der Waals surface area contributed by atoms with Crippen LogP contribution in [0, 0.1) is 5.92 Å². The number of piperidine rings is 1. The summed E-state index contributed by atoms with van der Waals surface area (Å²) in [4.78, 5) is 2.47. The van der Waals surface area contributed by atoms with Gasteiger partial charge < -0.3 is 5.32 Å². The third-order valence-electron chi connectivity index (χ3n) is 3.68. The predicted octanol–water partition coefficient (Wildman–Crippen LogP) is 2.94. The molecule has 0 aliphatic carbocycles. The Bertz CT molecular complexity index is 348. The minimum Gasteiger partial charge on any atom is -0.319 e. The molecule has 1 aromatic rings. The highest BCUT2D eigenvalue weighted by atomic mass is 35.5. The lowest BCUT2D eigenvalue weighted by atomic mass is 9.85. The fourth-order valence-corrected chi connectivity index (χ4v) is 3.05. The summed E-state index contributed by atoms with van der Waals surface area (Å²) in [6.45, 7) is 2.27. The summed E-state index contributed by atoms with van der Waals surface area (Å²) in [5.74, 6) is 0.694. The van der Waals surface area contributed by atoms with Crippen molar-refractivity contribution in [1.29, 1.82) is 0 Å². The van der Waals surface area contributed by atoms with Gasteiger partial charge in [0.25, 0.3) is 0 Å². The Morgan fingerprint density at radius 1 is 1.35 bits per heavy atom. The van der Waals surface area contributed by atoms with Crippen LogP contribution in [-0.2, 0) is 0 Å². The Morgan fingerprint density at radius 3 is 2.71 bits per heavy atom. The van der Waals surface area contributed by atoms with Crippen molar-refractivity contribution in [3.05, 3.63) is 34.9 Å². The quantitative estimate of drug-likeness (QED) is 0.890. The molecule has 0 radical (unpaired) electrons. The average molecular weight is 253 g/mol. The second-order valence-corrected chi connectivity index (χ2v) is 5.37. The van der Waals surface area contributed by atoms with Gasteiger partial charge in [-0.05, 0) is 63.6 Å². The topological polar surface area (TPSA) is 15.3 Å². The Kier molecular flexibility index (Phi) is 4.43. The summed E-state index contributed by atoms with van der Waals surface area (Å²) in [5.41, 5.74) is 1.39. The molecule has 17 heavy (non-hydrogen) atoms. The lowest BCUT2D eigenvalue weighted by Gasteiger charge is -2.39. The van der Waals surface area contributed by atoms with E-state index in [1.165, 1.54) is 24.9 Å². The van der Waals surface area contributed by atoms with Crippen LogP contribution in [0.2, 0.25) is 5.02 Å². The Labute approximate surface area is 109 Å². The summed E-state index contributed by atoms with van der Waals surface area (Å²) in [6.07, 6.45) is 2.60. The second kappa shape index (κ2) is 5.85. The Morgan fingerprint density at radius 2 is 2.06 bits per heavy atom. The van der Waals surface area contributed by atoms with Crippen molar-refractivity contribution in [2.24, 2.45) is 5.92 Å². The third-order valence-corrected chi connectivity index (χ3v) is 3.94. The number of nitrogens with zero attached hydrogens (tertiary/aromatic N) is 1. The van der Waals surface area contributed by atoms with Gasteiger partial charge in [-0.3, -0.25) is 4.90 Å². The molecule has 1 aliphatic heterocycles. The van der Waals surface area contributed by atoms with Gasteiger partial charge in [-0.25, -0.2) is 0 Å². The smallest absolute Gasteiger partial charge is 0.0406 e. The summed E-state index contributed by atoms with van der Waals surface area (Å²) in [7, 11) is 4.26. The van der Waals surface area contributed by atoms with Gasteiger partial charge in [0, 0.05) is 11.1 Å². The number of hydrogen-bond acceptors (Lipinski definition) is 2. The number of halogens is 1. The van der Waals surface area contributed by atoms with E-state index in [0.717, 1.165) is 11.6 Å². The van der Waals surface area contributed by atoms with Crippen LogP contribution in [0.3, 0.4) is 0 Å². The fourth-order valence-electron chi connectivity index (χ4n) is 2.92. The molecule has 2 rings (SSSR count). The van der Waals surface area contributed by atoms with Crippen LogP contribution in [-0.4, -0.2) is 32.1 Å². The van der Waals surface area contributed by atoms with E-state index in [4.69, 9.17) is 11.6 Å². The Balaban J connectivity index is 2.21. The van der Waals surface area contributed by atoms with Crippen molar-refractivity contribution in [2.45, 2.75) is 18.9 Å². The number of nitrogens with one attached hydrogen (secondary N) is 1. The lowest BCUT2D eigenvalue weighted by Crippen LogP contribution is -2.39. The van der Waals surface area contributed by atoms with Crippen LogP contribution in [0.25, 0.3) is 0 Å². The molecular formula is C14H21ClN2. The predicted molar refractivity (Wildman–Crippen MR) is 73.5 cm³/mol. The maximum absolute atomic E-state index is 5.96. The van der Waals surface area contributed by atoms with E-state index in [-0.39, 0.29) is 0 Å². The normalized spacial score (nSPS) is 26.1. The molecule has 1 fully saturated rings. The second-order valence-electron chi connectivity index (χ2n) is 4.94. The molecule has 0 saturated carbocycles. The molecule has 0 bridgehead atoms. The standard InChI is InChI=1S/C14H21ClN2/c1-16-10-12-4-3-9-17(2)14(12)11-5-7-13(15)8-6-11/h5-8,12,14,16H,3-4,9-10H2,1-2H3. The van der Waals surface area contributed by atoms with Crippen LogP contribution in [0.15, 0.2) is 24.3 Å². The molecule has 3 heteroatoms. The zero-order chi connectivity index (χ0) is 12.3. The molecule has 94 valence electrons. The molecule has 2 unspecified atom stereocenters. The van der Waals surface area contributed by atoms with Gasteiger partial charge in [-0.1, -0.05) is 23.7 Å². The molecule has 1 N–H and O–H groups in total. The van der Waals surface area contributed by atoms with Crippen molar-refractivity contribution in [3.63, 3.8) is 0 Å². The van der Waals surface area contributed by atoms with Crippen LogP contribution in [0.4, 0.5) is 0 Å². The van der Waals surface area contributed by atoms with Gasteiger partial charge in [0.1, 0.15) is 0 Å². The average Bonchev–Trinajstić information content (AvgIpc) is 2.32. The third kappa shape index (κ3) is 3.01. The van der Waals surface area contributed by atoms with Gasteiger partial charge in [0.15, 0.2) is 0 Å². The van der Waals surface area contributed by atoms with Crippen LogP contribution < -0.4 is 5.32 Å². The highest BCUT2D eigenvalue weighted by molar-refractivity contribution is 6.30. The molecule has 0 spiro atoms. The van der Waals surface area contributed by atoms with Crippen molar-refractivity contribution in [3.8, 4) is 0 Å². The van der Waals surface area contributed by atoms with Crippen molar-refractivity contribution < 1.29 is 0 Å². The van der Waals surface area contributed by atoms with E-state index in [1.807, 2.05) is 19.2 Å². The number of likely N-dealkylation sites (tertiary alicyclic amines) is 1. The van der Waals surface area contributed by atoms with Gasteiger partial charge in [0.05, 0.1) is 0 Å². The van der Waals surface area contributed by atoms with Crippen LogP contribution >= 0.6 is 11.6 Å². The van der Waals surface area contributed by atoms with E-state index in [9.17, 15) is 0 Å². The largest absolute Gasteiger partial charge is 0.319 e. The summed E-state index contributed by atoms with van der Waals surface area (Å²) >= 11 is 5.96. The molecule has 2 atom stereocenters. The first-order valence-corrected chi connectivity index (χ1v) is 6.70. The maximum Gasteiger partial charge on any atom is 0.0406 e. The van der Waals surface area contributed by atoms with E-state index >= 15 is 0 Å². The fraction of sp³-hybridized carbons (Fsp3) is 0.571. The van der Waals surface area contributed by atoms with Gasteiger partial charge in [0.2, 0.25) is 0 Å². The highest BCUT2D eigenvalue weighted by Crippen LogP contribution is 2.34. The van der Waals surface area contributed by atoms with E-state index in [2.05, 4.69) is 29.4 Å². The lowest BCUT2D eigenvalue weighted by molar-refractivity contribution is 0.121. The van der Waals surface area contributed by atoms with Gasteiger partial charge >= 0.3 is 0 Å². The van der Waals surface area contributed by atoms with Gasteiger partial charge in [-0.15, -0.1) is 0 Å². The summed E-state index contributed by atoms with van der Waals surface area (Å²) < 4.78 is 0. The molecule has 0 aromatic heterocycles. The van der Waals surface area contributed by atoms with E-state index in [0.29, 0.717) is 12.0 Å². The highest BCUT2D eigenvalue weighted by Gasteiger charge is 2.29. The SMILES string of the molecule is CNCC1CCCN(C)C1c1ccc(Cl)cc1. The van der Waals surface area contributed by atoms with Crippen molar-refractivity contribution >= 4 is 11.6 Å². The van der Waals surface area contributed by atoms with Crippen molar-refractivity contribution in [2.75, 3.05) is 27.2 Å². The molecule has 0 amide bonds. The van der Waals surface area contributed by atoms with Gasteiger partial charge in [-0.2, -0.15) is 0 Å². The summed E-state index contributed by atoms with van der Waals surface area (Å²) in [6, 6.07) is 8.84. The van der Waals surface area contributed by atoms with Crippen molar-refractivity contribution in [1.82, 2.24) is 10.2 Å². The zero-order valence-corrected chi connectivity index (χ0v) is 11.4. The number of hydrogen-bond donors (Lipinski definition) is 1. The molecule has 1 aromatic carbocycles. The first-order chi connectivity index (χ1) is 8.22. The molecule has 1 saturated heterocycles. The van der Waals surface area contributed by atoms with Crippen LogP contribution in [0.5, 0.6) is 0 Å². The first-order valence-electron chi connectivity index (χ1n) is 6.32. The number of benzene rings is 1. The molecule has 1 heterocycles. The number of rotatable bonds is 3. The van der Waals surface area contributed by atoms with E-state index in [1.54, 1.807) is 0 Å². The minimum atomic E-state index is 0.522. The first kappa shape index (κ1) is 12.9.